The molecule has 1 fully saturated rings. The number of hydrogen-bond acceptors (Lipinski definition) is 5. The molecule has 214 valence electrons. The highest BCUT2D eigenvalue weighted by atomic mass is 32.2. The van der Waals surface area contributed by atoms with Crippen LogP contribution in [0.1, 0.15) is 51.2 Å². The molecule has 3 rings (SSSR count). The van der Waals surface area contributed by atoms with Crippen molar-refractivity contribution in [3.05, 3.63) is 71.0 Å². The second-order valence-corrected chi connectivity index (χ2v) is 12.7. The van der Waals surface area contributed by atoms with Gasteiger partial charge in [-0.1, -0.05) is 30.3 Å². The fourth-order valence-corrected chi connectivity index (χ4v) is 5.25. The lowest BCUT2D eigenvalue weighted by Gasteiger charge is -2.37. The number of rotatable bonds is 10. The topological polar surface area (TPSA) is 87.7 Å². The van der Waals surface area contributed by atoms with Crippen LogP contribution >= 0.6 is 0 Å². The zero-order chi connectivity index (χ0) is 28.6. The van der Waals surface area contributed by atoms with E-state index in [1.54, 1.807) is 0 Å². The van der Waals surface area contributed by atoms with Crippen molar-refractivity contribution >= 4 is 23.0 Å². The number of imide groups is 1. The number of nitrogens with one attached hydrogen (secondary N) is 2. The molecule has 0 saturated carbocycles. The molecule has 2 atom stereocenters. The summed E-state index contributed by atoms with van der Waals surface area (Å²) in [7, 11) is -1.45. The summed E-state index contributed by atoms with van der Waals surface area (Å²) in [4.78, 5) is 26.2. The minimum atomic E-state index is -1.45. The van der Waals surface area contributed by atoms with E-state index in [1.807, 2.05) is 51.1 Å². The van der Waals surface area contributed by atoms with E-state index in [2.05, 4.69) is 14.9 Å². The second kappa shape index (κ2) is 14.0. The van der Waals surface area contributed by atoms with Crippen LogP contribution in [0.15, 0.2) is 42.5 Å². The number of hydrogen-bond donors (Lipinski definition) is 2. The molecule has 0 aromatic heterocycles. The van der Waals surface area contributed by atoms with Crippen LogP contribution in [0.25, 0.3) is 0 Å². The first kappa shape index (κ1) is 30.8. The van der Waals surface area contributed by atoms with Crippen molar-refractivity contribution in [2.24, 2.45) is 5.92 Å². The maximum absolute atomic E-state index is 14.4. The molecule has 2 aromatic carbocycles. The standard InChI is InChI=1S/C28H36F3N3O4S/c1-28(2,3)39(37)33-25(16-21-15-23(30)24(31)17-22(21)29)20-9-12-34(13-10-20)14-11-26(35)32-27(36)38-18-19-7-5-4-6-8-19/h4-8,15,17,20,25,33H,9-14,16,18H2,1-3H3,(H,32,35,36)/t25-,39?/m1/s1. The smallest absolute Gasteiger partial charge is 0.414 e. The molecule has 39 heavy (non-hydrogen) atoms. The van der Waals surface area contributed by atoms with Crippen molar-refractivity contribution in [1.29, 1.82) is 0 Å². The summed E-state index contributed by atoms with van der Waals surface area (Å²) < 4.78 is 62.1. The Morgan fingerprint density at radius 2 is 1.69 bits per heavy atom. The fourth-order valence-electron chi connectivity index (χ4n) is 4.35. The number of halogens is 3. The molecular weight excluding hydrogens is 531 g/mol. The lowest BCUT2D eigenvalue weighted by atomic mass is 9.86. The van der Waals surface area contributed by atoms with E-state index in [4.69, 9.17) is 4.74 Å². The van der Waals surface area contributed by atoms with Gasteiger partial charge >= 0.3 is 6.09 Å². The van der Waals surface area contributed by atoms with Crippen molar-refractivity contribution < 1.29 is 31.7 Å². The third-order valence-electron chi connectivity index (χ3n) is 6.65. The van der Waals surface area contributed by atoms with Crippen molar-refractivity contribution in [3.63, 3.8) is 0 Å². The van der Waals surface area contributed by atoms with Gasteiger partial charge in [-0.3, -0.25) is 10.1 Å². The molecule has 0 spiro atoms. The molecule has 1 heterocycles. The van der Waals surface area contributed by atoms with E-state index < -0.39 is 51.2 Å². The monoisotopic (exact) mass is 567 g/mol. The Balaban J connectivity index is 1.50. The molecule has 11 heteroatoms. The van der Waals surface area contributed by atoms with Crippen LogP contribution in [0.2, 0.25) is 0 Å². The third kappa shape index (κ3) is 9.74. The molecule has 1 aliphatic rings. The molecule has 0 radical (unpaired) electrons. The van der Waals surface area contributed by atoms with Gasteiger partial charge in [-0.15, -0.1) is 0 Å². The van der Waals surface area contributed by atoms with E-state index in [9.17, 15) is 27.0 Å². The predicted molar refractivity (Wildman–Crippen MR) is 143 cm³/mol. The Bertz CT molecular complexity index is 1150. The Kier molecular flexibility index (Phi) is 11.1. The van der Waals surface area contributed by atoms with Gasteiger partial charge in [-0.05, 0) is 76.2 Å². The molecule has 0 bridgehead atoms. The van der Waals surface area contributed by atoms with E-state index in [-0.39, 0.29) is 30.9 Å². The van der Waals surface area contributed by atoms with Gasteiger partial charge in [0, 0.05) is 25.1 Å². The molecule has 2 aromatic rings. The maximum Gasteiger partial charge on any atom is 0.414 e. The van der Waals surface area contributed by atoms with Gasteiger partial charge in [0.2, 0.25) is 5.91 Å². The van der Waals surface area contributed by atoms with Gasteiger partial charge in [0.05, 0.1) is 15.7 Å². The number of carbonyl (C=O) groups excluding carboxylic acids is 2. The summed E-state index contributed by atoms with van der Waals surface area (Å²) in [6.45, 7) is 7.22. The Morgan fingerprint density at radius 1 is 1.05 bits per heavy atom. The van der Waals surface area contributed by atoms with Crippen molar-refractivity contribution in [1.82, 2.24) is 14.9 Å². The Morgan fingerprint density at radius 3 is 2.33 bits per heavy atom. The average molecular weight is 568 g/mol. The highest BCUT2D eigenvalue weighted by Crippen LogP contribution is 2.26. The van der Waals surface area contributed by atoms with Crippen LogP contribution in [0, 0.1) is 23.4 Å². The number of ether oxygens (including phenoxy) is 1. The normalized spacial score (nSPS) is 16.5. The molecule has 2 amide bonds. The van der Waals surface area contributed by atoms with Gasteiger partial charge in [0.1, 0.15) is 12.4 Å². The van der Waals surface area contributed by atoms with Gasteiger partial charge in [0.15, 0.2) is 11.6 Å². The number of amides is 2. The van der Waals surface area contributed by atoms with Crippen LogP contribution in [0.4, 0.5) is 18.0 Å². The van der Waals surface area contributed by atoms with Crippen LogP contribution < -0.4 is 10.0 Å². The number of carbonyl (C=O) groups is 2. The van der Waals surface area contributed by atoms with Gasteiger partial charge in [-0.25, -0.2) is 26.9 Å². The van der Waals surface area contributed by atoms with Crippen LogP contribution in [-0.2, 0) is 33.5 Å². The lowest BCUT2D eigenvalue weighted by Crippen LogP contribution is -2.48. The zero-order valence-electron chi connectivity index (χ0n) is 22.5. The first-order valence-electron chi connectivity index (χ1n) is 13.0. The largest absolute Gasteiger partial charge is 0.444 e. The van der Waals surface area contributed by atoms with Crippen LogP contribution in [0.3, 0.4) is 0 Å². The SMILES string of the molecule is CC(C)(C)S(=O)N[C@H](Cc1cc(F)c(F)cc1F)C1CCN(CCC(=O)NC(=O)OCc2ccccc2)CC1. The van der Waals surface area contributed by atoms with Gasteiger partial charge in [0.25, 0.3) is 0 Å². The van der Waals surface area contributed by atoms with Crippen LogP contribution in [-0.4, -0.2) is 51.5 Å². The molecular formula is C28H36F3N3O4S. The molecule has 1 saturated heterocycles. The molecule has 0 aliphatic carbocycles. The quantitative estimate of drug-likeness (QED) is 0.409. The highest BCUT2D eigenvalue weighted by molar-refractivity contribution is 7.84. The summed E-state index contributed by atoms with van der Waals surface area (Å²) in [5.74, 6) is -3.65. The number of benzene rings is 2. The molecule has 1 unspecified atom stereocenters. The minimum absolute atomic E-state index is 0.00172. The fraction of sp³-hybridized carbons (Fsp3) is 0.500. The molecule has 7 nitrogen and oxygen atoms in total. The molecule has 2 N–H and O–H groups in total. The van der Waals surface area contributed by atoms with Crippen LogP contribution in [0.5, 0.6) is 0 Å². The Labute approximate surface area is 230 Å². The summed E-state index contributed by atoms with van der Waals surface area (Å²) in [6, 6.07) is 10.1. The summed E-state index contributed by atoms with van der Waals surface area (Å²) in [5.41, 5.74) is 0.838. The third-order valence-corrected chi connectivity index (χ3v) is 8.28. The van der Waals surface area contributed by atoms with Gasteiger partial charge < -0.3 is 9.64 Å². The second-order valence-electron chi connectivity index (χ2n) is 10.7. The minimum Gasteiger partial charge on any atom is -0.444 e. The summed E-state index contributed by atoms with van der Waals surface area (Å²) in [5, 5.41) is 2.23. The van der Waals surface area contributed by atoms with Crippen molar-refractivity contribution in [2.45, 2.75) is 63.9 Å². The summed E-state index contributed by atoms with van der Waals surface area (Å²) >= 11 is 0. The van der Waals surface area contributed by atoms with Crippen molar-refractivity contribution in [3.8, 4) is 0 Å². The first-order valence-corrected chi connectivity index (χ1v) is 14.1. The number of nitrogens with zero attached hydrogens (tertiary/aromatic N) is 1. The number of alkyl carbamates (subject to hydrolysis) is 1. The summed E-state index contributed by atoms with van der Waals surface area (Å²) in [6.07, 6.45) is 0.716. The number of likely N-dealkylation sites (tertiary alicyclic amines) is 1. The van der Waals surface area contributed by atoms with E-state index in [0.717, 1.165) is 11.6 Å². The Hall–Kier alpha value is -2.76. The van der Waals surface area contributed by atoms with E-state index >= 15 is 0 Å². The maximum atomic E-state index is 14.4. The average Bonchev–Trinajstić information content (AvgIpc) is 2.89. The lowest BCUT2D eigenvalue weighted by molar-refractivity contribution is -0.120. The predicted octanol–water partition coefficient (Wildman–Crippen LogP) is 4.62. The van der Waals surface area contributed by atoms with Crippen molar-refractivity contribution in [2.75, 3.05) is 19.6 Å². The van der Waals surface area contributed by atoms with E-state index in [1.165, 1.54) is 0 Å². The molecule has 1 aliphatic heterocycles. The van der Waals surface area contributed by atoms with E-state index in [0.29, 0.717) is 38.5 Å². The highest BCUT2D eigenvalue weighted by Gasteiger charge is 2.31. The zero-order valence-corrected chi connectivity index (χ0v) is 23.3. The van der Waals surface area contributed by atoms with Gasteiger partial charge in [-0.2, -0.15) is 0 Å². The number of piperidine rings is 1. The first-order chi connectivity index (χ1) is 18.4.